The van der Waals surface area contributed by atoms with Crippen molar-refractivity contribution in [2.75, 3.05) is 19.8 Å². The number of aliphatic hydroxyl groups is 7. The fraction of sp³-hybridized carbons (Fsp3) is 1.00. The smallest absolute Gasteiger partial charge is 0.187 e. The number of hydrogen-bond donors (Lipinski definition) is 7. The van der Waals surface area contributed by atoms with E-state index in [4.69, 9.17) is 18.9 Å². The molecule has 0 aromatic rings. The molecule has 2 fully saturated rings. The summed E-state index contributed by atoms with van der Waals surface area (Å²) < 4.78 is 22.2. The molecule has 0 unspecified atom stereocenters. The molecule has 11 nitrogen and oxygen atoms in total. The van der Waals surface area contributed by atoms with E-state index < -0.39 is 74.6 Å². The molecule has 7 N–H and O–H groups in total. The third-order valence-electron chi connectivity index (χ3n) is 8.24. The predicted octanol–water partition coefficient (Wildman–Crippen LogP) is 1.89. The minimum absolute atomic E-state index is 0.323. The summed E-state index contributed by atoms with van der Waals surface area (Å²) in [5, 5.41) is 70.5. The van der Waals surface area contributed by atoms with E-state index in [0.717, 1.165) is 19.3 Å². The number of rotatable bonds is 22. The van der Waals surface area contributed by atoms with Crippen molar-refractivity contribution < 1.29 is 54.7 Å². The average Bonchev–Trinajstić information content (AvgIpc) is 2.98. The molecule has 0 aromatic carbocycles. The lowest BCUT2D eigenvalue weighted by Crippen LogP contribution is -2.64. The highest BCUT2D eigenvalue weighted by molar-refractivity contribution is 4.94. The van der Waals surface area contributed by atoms with Crippen LogP contribution in [-0.2, 0) is 18.9 Å². The summed E-state index contributed by atoms with van der Waals surface area (Å²) in [6, 6.07) is 0. The van der Waals surface area contributed by atoms with Gasteiger partial charge in [-0.1, -0.05) is 103 Å². The first-order chi connectivity index (χ1) is 19.8. The van der Waals surface area contributed by atoms with Crippen LogP contribution in [0.5, 0.6) is 0 Å². The SMILES string of the molecule is CCCCCCCCCCCCCCCCCCO[C@@H]1O[C@H](CO)[C@@H](O[C@@H]2O[C@H](CO)[C@@H](O)[C@H](O)[C@H]2O)[C@H](O)[C@H]1O. The first kappa shape index (κ1) is 36.8. The van der Waals surface area contributed by atoms with E-state index in [1.165, 1.54) is 83.5 Å². The molecular weight excluding hydrogens is 536 g/mol. The highest BCUT2D eigenvalue weighted by atomic mass is 16.7. The summed E-state index contributed by atoms with van der Waals surface area (Å²) in [6.45, 7) is 1.35. The number of aliphatic hydroxyl groups excluding tert-OH is 7. The lowest BCUT2D eigenvalue weighted by Gasteiger charge is -2.45. The Kier molecular flexibility index (Phi) is 19.1. The van der Waals surface area contributed by atoms with Gasteiger partial charge in [0.15, 0.2) is 12.6 Å². The molecule has 0 radical (unpaired) electrons. The quantitative estimate of drug-likeness (QED) is 0.0910. The highest BCUT2D eigenvalue weighted by Gasteiger charge is 2.50. The van der Waals surface area contributed by atoms with Crippen LogP contribution in [0.1, 0.15) is 110 Å². The van der Waals surface area contributed by atoms with Gasteiger partial charge in [-0.3, -0.25) is 0 Å². The third-order valence-corrected chi connectivity index (χ3v) is 8.24. The molecular formula is C30H58O11. The van der Waals surface area contributed by atoms with Crippen LogP contribution in [0.25, 0.3) is 0 Å². The van der Waals surface area contributed by atoms with E-state index in [-0.39, 0.29) is 0 Å². The van der Waals surface area contributed by atoms with E-state index in [2.05, 4.69) is 6.92 Å². The monoisotopic (exact) mass is 594 g/mol. The summed E-state index contributed by atoms with van der Waals surface area (Å²) >= 11 is 0. The van der Waals surface area contributed by atoms with E-state index in [0.29, 0.717) is 6.61 Å². The summed E-state index contributed by atoms with van der Waals surface area (Å²) in [4.78, 5) is 0. The van der Waals surface area contributed by atoms with Crippen LogP contribution < -0.4 is 0 Å². The van der Waals surface area contributed by atoms with E-state index in [9.17, 15) is 35.7 Å². The molecule has 244 valence electrons. The van der Waals surface area contributed by atoms with Crippen LogP contribution in [0.15, 0.2) is 0 Å². The zero-order valence-corrected chi connectivity index (χ0v) is 25.0. The molecule has 2 rings (SSSR count). The number of ether oxygens (including phenoxy) is 4. The first-order valence-corrected chi connectivity index (χ1v) is 16.1. The van der Waals surface area contributed by atoms with Crippen molar-refractivity contribution in [3.8, 4) is 0 Å². The minimum atomic E-state index is -1.69. The van der Waals surface area contributed by atoms with E-state index in [1.54, 1.807) is 0 Å². The van der Waals surface area contributed by atoms with E-state index in [1.807, 2.05) is 0 Å². The predicted molar refractivity (Wildman–Crippen MR) is 152 cm³/mol. The topological polar surface area (TPSA) is 179 Å². The van der Waals surface area contributed by atoms with Crippen molar-refractivity contribution in [3.63, 3.8) is 0 Å². The molecule has 0 bridgehead atoms. The molecule has 2 aliphatic rings. The molecule has 0 aliphatic carbocycles. The summed E-state index contributed by atoms with van der Waals surface area (Å²) in [5.41, 5.74) is 0. The molecule has 2 saturated heterocycles. The van der Waals surface area contributed by atoms with Gasteiger partial charge in [-0.15, -0.1) is 0 Å². The van der Waals surface area contributed by atoms with Crippen molar-refractivity contribution in [2.45, 2.75) is 171 Å². The first-order valence-electron chi connectivity index (χ1n) is 16.1. The van der Waals surface area contributed by atoms with Gasteiger partial charge < -0.3 is 54.7 Å². The summed E-state index contributed by atoms with van der Waals surface area (Å²) in [6.07, 6.45) is 5.82. The molecule has 0 spiro atoms. The van der Waals surface area contributed by atoms with Crippen LogP contribution in [0.4, 0.5) is 0 Å². The zero-order chi connectivity index (χ0) is 30.0. The van der Waals surface area contributed by atoms with E-state index >= 15 is 0 Å². The largest absolute Gasteiger partial charge is 0.394 e. The van der Waals surface area contributed by atoms with Crippen molar-refractivity contribution in [3.05, 3.63) is 0 Å². The van der Waals surface area contributed by atoms with Crippen LogP contribution in [0.3, 0.4) is 0 Å². The van der Waals surface area contributed by atoms with Crippen molar-refractivity contribution >= 4 is 0 Å². The molecule has 10 atom stereocenters. The molecule has 41 heavy (non-hydrogen) atoms. The Balaban J connectivity index is 1.56. The Morgan fingerprint density at radius 1 is 0.488 bits per heavy atom. The van der Waals surface area contributed by atoms with Crippen molar-refractivity contribution in [1.82, 2.24) is 0 Å². The van der Waals surface area contributed by atoms with Gasteiger partial charge in [-0.2, -0.15) is 0 Å². The van der Waals surface area contributed by atoms with Gasteiger partial charge in [0.25, 0.3) is 0 Å². The Hall–Kier alpha value is -0.440. The fourth-order valence-corrected chi connectivity index (χ4v) is 5.54. The Morgan fingerprint density at radius 2 is 0.927 bits per heavy atom. The van der Waals surface area contributed by atoms with Crippen LogP contribution in [-0.4, -0.2) is 117 Å². The minimum Gasteiger partial charge on any atom is -0.394 e. The summed E-state index contributed by atoms with van der Waals surface area (Å²) in [7, 11) is 0. The van der Waals surface area contributed by atoms with Crippen LogP contribution in [0.2, 0.25) is 0 Å². The van der Waals surface area contributed by atoms with Gasteiger partial charge in [0.2, 0.25) is 0 Å². The molecule has 2 heterocycles. The molecule has 0 saturated carbocycles. The lowest BCUT2D eigenvalue weighted by atomic mass is 9.97. The van der Waals surface area contributed by atoms with Gasteiger partial charge in [0.05, 0.1) is 13.2 Å². The maximum Gasteiger partial charge on any atom is 0.187 e. The average molecular weight is 595 g/mol. The second-order valence-electron chi connectivity index (χ2n) is 11.7. The van der Waals surface area contributed by atoms with Gasteiger partial charge in [-0.25, -0.2) is 0 Å². The highest BCUT2D eigenvalue weighted by Crippen LogP contribution is 2.29. The van der Waals surface area contributed by atoms with Gasteiger partial charge in [-0.05, 0) is 6.42 Å². The molecule has 11 heteroatoms. The lowest BCUT2D eigenvalue weighted by molar-refractivity contribution is -0.359. The standard InChI is InChI=1S/C30H58O11/c1-2-3-4-5-6-7-8-9-10-11-12-13-14-15-16-17-18-38-29-27(37)25(35)28(22(20-32)40-29)41-30-26(36)24(34)23(33)21(19-31)39-30/h21-37H,2-20H2,1H3/t21-,22-,23-,24+,25-,26-,27-,28-,29-,30+/m1/s1. The van der Waals surface area contributed by atoms with Crippen molar-refractivity contribution in [1.29, 1.82) is 0 Å². The maximum absolute atomic E-state index is 10.7. The molecule has 0 aromatic heterocycles. The normalized spacial score (nSPS) is 34.2. The van der Waals surface area contributed by atoms with Gasteiger partial charge in [0.1, 0.15) is 48.8 Å². The molecule has 0 amide bonds. The number of hydrogen-bond acceptors (Lipinski definition) is 11. The maximum atomic E-state index is 10.7. The van der Waals surface area contributed by atoms with Crippen molar-refractivity contribution in [2.24, 2.45) is 0 Å². The van der Waals surface area contributed by atoms with Gasteiger partial charge >= 0.3 is 0 Å². The summed E-state index contributed by atoms with van der Waals surface area (Å²) in [5.74, 6) is 0. The second-order valence-corrected chi connectivity index (χ2v) is 11.7. The Morgan fingerprint density at radius 3 is 1.41 bits per heavy atom. The number of unbranched alkanes of at least 4 members (excludes halogenated alkanes) is 15. The Bertz CT molecular complexity index is 638. The second kappa shape index (κ2) is 21.3. The third kappa shape index (κ3) is 12.6. The Labute approximate surface area is 245 Å². The van der Waals surface area contributed by atoms with Crippen LogP contribution >= 0.6 is 0 Å². The van der Waals surface area contributed by atoms with Crippen LogP contribution in [0, 0.1) is 0 Å². The molecule has 2 aliphatic heterocycles. The van der Waals surface area contributed by atoms with Gasteiger partial charge in [0, 0.05) is 6.61 Å². The zero-order valence-electron chi connectivity index (χ0n) is 25.0. The fourth-order valence-electron chi connectivity index (χ4n) is 5.54.